The maximum atomic E-state index is 11.6. The minimum Gasteiger partial charge on any atom is -0.367 e. The smallest absolute Gasteiger partial charge is 0.246 e. The van der Waals surface area contributed by atoms with Gasteiger partial charge in [0.1, 0.15) is 6.61 Å². The van der Waals surface area contributed by atoms with Crippen LogP contribution in [0.25, 0.3) is 0 Å². The Morgan fingerprint density at radius 1 is 1.39 bits per heavy atom. The van der Waals surface area contributed by atoms with Crippen molar-refractivity contribution in [3.63, 3.8) is 0 Å². The number of rotatable bonds is 5. The first kappa shape index (κ1) is 13.1. The summed E-state index contributed by atoms with van der Waals surface area (Å²) >= 11 is 0. The van der Waals surface area contributed by atoms with Crippen LogP contribution >= 0.6 is 0 Å². The number of carbonyl (C=O) groups excluding carboxylic acids is 1. The number of hydrogen-bond donors (Lipinski definition) is 2. The monoisotopic (exact) mass is 248 g/mol. The van der Waals surface area contributed by atoms with E-state index in [-0.39, 0.29) is 18.6 Å². The van der Waals surface area contributed by atoms with E-state index in [0.717, 1.165) is 31.5 Å². The van der Waals surface area contributed by atoms with E-state index in [4.69, 9.17) is 4.74 Å². The van der Waals surface area contributed by atoms with Crippen molar-refractivity contribution in [2.75, 3.05) is 19.7 Å². The molecule has 1 saturated heterocycles. The zero-order chi connectivity index (χ0) is 12.6. The molecule has 1 unspecified atom stereocenters. The molecule has 1 aromatic rings. The minimum atomic E-state index is -0.0515. The number of carbonyl (C=O) groups is 1. The second kappa shape index (κ2) is 7.13. The Labute approximate surface area is 108 Å². The number of benzene rings is 1. The van der Waals surface area contributed by atoms with Crippen LogP contribution < -0.4 is 10.6 Å². The van der Waals surface area contributed by atoms with Gasteiger partial charge in [-0.05, 0) is 24.9 Å². The van der Waals surface area contributed by atoms with Crippen molar-refractivity contribution >= 4 is 5.91 Å². The molecule has 1 heterocycles. The third-order valence-electron chi connectivity index (χ3n) is 3.03. The predicted molar refractivity (Wildman–Crippen MR) is 70.1 cm³/mol. The van der Waals surface area contributed by atoms with E-state index in [1.54, 1.807) is 0 Å². The number of ether oxygens (including phenoxy) is 1. The summed E-state index contributed by atoms with van der Waals surface area (Å²) in [5, 5.41) is 6.11. The van der Waals surface area contributed by atoms with Crippen molar-refractivity contribution in [1.82, 2.24) is 10.6 Å². The first-order valence-electron chi connectivity index (χ1n) is 6.47. The van der Waals surface area contributed by atoms with Crippen LogP contribution in [0.5, 0.6) is 0 Å². The molecule has 18 heavy (non-hydrogen) atoms. The molecule has 4 heteroatoms. The van der Waals surface area contributed by atoms with Gasteiger partial charge in [0.25, 0.3) is 0 Å². The van der Waals surface area contributed by atoms with Gasteiger partial charge in [0.15, 0.2) is 0 Å². The zero-order valence-corrected chi connectivity index (χ0v) is 10.5. The van der Waals surface area contributed by atoms with Crippen molar-refractivity contribution in [2.45, 2.75) is 25.5 Å². The molecule has 1 amide bonds. The normalized spacial score (nSPS) is 19.4. The molecule has 0 aromatic heterocycles. The topological polar surface area (TPSA) is 50.4 Å². The highest BCUT2D eigenvalue weighted by Crippen LogP contribution is 2.05. The molecular weight excluding hydrogens is 228 g/mol. The van der Waals surface area contributed by atoms with Gasteiger partial charge >= 0.3 is 0 Å². The lowest BCUT2D eigenvalue weighted by Gasteiger charge is -2.22. The highest BCUT2D eigenvalue weighted by atomic mass is 16.5. The fraction of sp³-hybridized carbons (Fsp3) is 0.500. The Morgan fingerprint density at radius 3 is 2.94 bits per heavy atom. The van der Waals surface area contributed by atoms with Gasteiger partial charge in [-0.2, -0.15) is 0 Å². The summed E-state index contributed by atoms with van der Waals surface area (Å²) < 4.78 is 5.56. The van der Waals surface area contributed by atoms with Crippen molar-refractivity contribution in [1.29, 1.82) is 0 Å². The number of hydrogen-bond acceptors (Lipinski definition) is 3. The van der Waals surface area contributed by atoms with Crippen LogP contribution in [0.3, 0.4) is 0 Å². The molecule has 1 atom stereocenters. The summed E-state index contributed by atoms with van der Waals surface area (Å²) in [6.07, 6.45) is 2.34. The molecular formula is C14H20N2O2. The van der Waals surface area contributed by atoms with Crippen molar-refractivity contribution < 1.29 is 9.53 Å². The lowest BCUT2D eigenvalue weighted by molar-refractivity contribution is -0.128. The van der Waals surface area contributed by atoms with E-state index in [9.17, 15) is 4.79 Å². The lowest BCUT2D eigenvalue weighted by Crippen LogP contribution is -2.38. The molecule has 4 nitrogen and oxygen atoms in total. The van der Waals surface area contributed by atoms with Crippen molar-refractivity contribution in [2.24, 2.45) is 0 Å². The second-order valence-electron chi connectivity index (χ2n) is 4.54. The fourth-order valence-electron chi connectivity index (χ4n) is 2.00. The Bertz CT molecular complexity index is 361. The van der Waals surface area contributed by atoms with Crippen molar-refractivity contribution in [3.8, 4) is 0 Å². The van der Waals surface area contributed by atoms with Crippen molar-refractivity contribution in [3.05, 3.63) is 35.9 Å². The van der Waals surface area contributed by atoms with Gasteiger partial charge in [-0.1, -0.05) is 30.3 Å². The van der Waals surface area contributed by atoms with E-state index in [2.05, 4.69) is 10.6 Å². The molecule has 2 rings (SSSR count). The van der Waals surface area contributed by atoms with E-state index >= 15 is 0 Å². The van der Waals surface area contributed by atoms with Crippen LogP contribution in [0.2, 0.25) is 0 Å². The Kier molecular flexibility index (Phi) is 5.17. The van der Waals surface area contributed by atoms with Crippen LogP contribution in [0.4, 0.5) is 0 Å². The molecule has 0 saturated carbocycles. The van der Waals surface area contributed by atoms with E-state index < -0.39 is 0 Å². The van der Waals surface area contributed by atoms with Gasteiger partial charge in [-0.3, -0.25) is 4.79 Å². The minimum absolute atomic E-state index is 0.0515. The highest BCUT2D eigenvalue weighted by molar-refractivity contribution is 5.77. The fourth-order valence-corrected chi connectivity index (χ4v) is 2.00. The molecule has 0 aliphatic carbocycles. The Hall–Kier alpha value is -1.39. The average Bonchev–Trinajstić information content (AvgIpc) is 2.45. The van der Waals surface area contributed by atoms with Gasteiger partial charge in [-0.25, -0.2) is 0 Å². The summed E-state index contributed by atoms with van der Waals surface area (Å²) in [5.74, 6) is -0.0515. The third kappa shape index (κ3) is 4.47. The summed E-state index contributed by atoms with van der Waals surface area (Å²) in [5.41, 5.74) is 1.10. The maximum Gasteiger partial charge on any atom is 0.246 e. The van der Waals surface area contributed by atoms with Crippen LogP contribution in [0, 0.1) is 0 Å². The van der Waals surface area contributed by atoms with E-state index in [1.807, 2.05) is 30.3 Å². The average molecular weight is 248 g/mol. The van der Waals surface area contributed by atoms with Gasteiger partial charge in [0, 0.05) is 13.1 Å². The summed E-state index contributed by atoms with van der Waals surface area (Å²) in [6.45, 7) is 2.62. The first-order valence-corrected chi connectivity index (χ1v) is 6.47. The molecule has 1 aliphatic rings. The van der Waals surface area contributed by atoms with E-state index in [0.29, 0.717) is 6.54 Å². The quantitative estimate of drug-likeness (QED) is 0.819. The van der Waals surface area contributed by atoms with Gasteiger partial charge in [0.2, 0.25) is 5.91 Å². The van der Waals surface area contributed by atoms with Crippen LogP contribution in [0.15, 0.2) is 30.3 Å². The third-order valence-corrected chi connectivity index (χ3v) is 3.03. The molecule has 0 radical (unpaired) electrons. The highest BCUT2D eigenvalue weighted by Gasteiger charge is 2.14. The SMILES string of the molecule is O=C(COC1CCCNC1)NCc1ccccc1. The van der Waals surface area contributed by atoms with Gasteiger partial charge in [-0.15, -0.1) is 0 Å². The molecule has 0 spiro atoms. The zero-order valence-electron chi connectivity index (χ0n) is 10.5. The molecule has 1 aliphatic heterocycles. The molecule has 98 valence electrons. The molecule has 1 fully saturated rings. The maximum absolute atomic E-state index is 11.6. The van der Waals surface area contributed by atoms with Crippen LogP contribution in [-0.2, 0) is 16.1 Å². The van der Waals surface area contributed by atoms with Crippen LogP contribution in [0.1, 0.15) is 18.4 Å². The number of piperidine rings is 1. The molecule has 1 aromatic carbocycles. The summed E-state index contributed by atoms with van der Waals surface area (Å²) in [4.78, 5) is 11.6. The summed E-state index contributed by atoms with van der Waals surface area (Å²) in [7, 11) is 0. The van der Waals surface area contributed by atoms with Gasteiger partial charge < -0.3 is 15.4 Å². The van der Waals surface area contributed by atoms with E-state index in [1.165, 1.54) is 0 Å². The largest absolute Gasteiger partial charge is 0.367 e. The second-order valence-corrected chi connectivity index (χ2v) is 4.54. The predicted octanol–water partition coefficient (Wildman–Crippen LogP) is 1.07. The standard InChI is InChI=1S/C14H20N2O2/c17-14(11-18-13-7-4-8-15-10-13)16-9-12-5-2-1-3-6-12/h1-3,5-6,13,15H,4,7-11H2,(H,16,17). The number of nitrogens with one attached hydrogen (secondary N) is 2. The van der Waals surface area contributed by atoms with Gasteiger partial charge in [0.05, 0.1) is 6.10 Å². The Morgan fingerprint density at radius 2 is 2.22 bits per heavy atom. The summed E-state index contributed by atoms with van der Waals surface area (Å²) in [6, 6.07) is 9.88. The Balaban J connectivity index is 1.63. The first-order chi connectivity index (χ1) is 8.84. The van der Waals surface area contributed by atoms with Crippen LogP contribution in [-0.4, -0.2) is 31.7 Å². The molecule has 2 N–H and O–H groups in total. The number of amides is 1. The molecule has 0 bridgehead atoms. The lowest BCUT2D eigenvalue weighted by atomic mass is 10.1.